The quantitative estimate of drug-likeness (QED) is 0.364. The second kappa shape index (κ2) is 10.6. The lowest BCUT2D eigenvalue weighted by Crippen LogP contribution is -2.14. The first-order valence-electron chi connectivity index (χ1n) is 12.3. The van der Waals surface area contributed by atoms with Gasteiger partial charge < -0.3 is 0 Å². The van der Waals surface area contributed by atoms with Gasteiger partial charge >= 0.3 is 0 Å². The summed E-state index contributed by atoms with van der Waals surface area (Å²) in [6, 6.07) is 21.4. The van der Waals surface area contributed by atoms with Gasteiger partial charge in [0.1, 0.15) is 0 Å². The Morgan fingerprint density at radius 2 is 1.03 bits per heavy atom. The van der Waals surface area contributed by atoms with E-state index in [1.807, 2.05) is 0 Å². The predicted molar refractivity (Wildman–Crippen MR) is 140 cm³/mol. The van der Waals surface area contributed by atoms with Crippen LogP contribution in [0.15, 0.2) is 60.7 Å². The molecule has 0 N–H and O–H groups in total. The summed E-state index contributed by atoms with van der Waals surface area (Å²) in [4.78, 5) is 0. The largest absolute Gasteiger partial charge is 0.0625 e. The van der Waals surface area contributed by atoms with Crippen molar-refractivity contribution in [1.82, 2.24) is 0 Å². The van der Waals surface area contributed by atoms with Gasteiger partial charge in [0.2, 0.25) is 0 Å². The van der Waals surface area contributed by atoms with E-state index in [9.17, 15) is 0 Å². The van der Waals surface area contributed by atoms with Crippen LogP contribution in [0.1, 0.15) is 77.1 Å². The van der Waals surface area contributed by atoms with Crippen molar-refractivity contribution in [2.24, 2.45) is 11.8 Å². The van der Waals surface area contributed by atoms with E-state index in [0.29, 0.717) is 0 Å². The molecule has 0 unspecified atom stereocenters. The van der Waals surface area contributed by atoms with Crippen molar-refractivity contribution in [2.75, 3.05) is 0 Å². The Hall–Kier alpha value is -3.22. The Kier molecular flexibility index (Phi) is 7.37. The van der Waals surface area contributed by atoms with Gasteiger partial charge in [0, 0.05) is 22.3 Å². The summed E-state index contributed by atoms with van der Waals surface area (Å²) in [5, 5.41) is 0. The number of benzene rings is 3. The minimum atomic E-state index is 0.860. The highest BCUT2D eigenvalue weighted by molar-refractivity contribution is 5.50. The summed E-state index contributed by atoms with van der Waals surface area (Å²) in [7, 11) is 0. The van der Waals surface area contributed by atoms with Gasteiger partial charge in [-0.05, 0) is 123 Å². The molecular formula is C33H34. The highest BCUT2D eigenvalue weighted by atomic mass is 14.2. The van der Waals surface area contributed by atoms with E-state index in [4.69, 9.17) is 0 Å². The van der Waals surface area contributed by atoms with Crippen molar-refractivity contribution in [2.45, 2.75) is 59.8 Å². The molecule has 1 saturated carbocycles. The molecule has 0 nitrogen and oxygen atoms in total. The molecule has 0 radical (unpaired) electrons. The Morgan fingerprint density at radius 1 is 0.606 bits per heavy atom. The van der Waals surface area contributed by atoms with Gasteiger partial charge in [-0.2, -0.15) is 0 Å². The highest BCUT2D eigenvalue weighted by Gasteiger charge is 2.18. The molecule has 0 amide bonds. The Morgan fingerprint density at radius 3 is 1.52 bits per heavy atom. The second-order valence-corrected chi connectivity index (χ2v) is 9.84. The van der Waals surface area contributed by atoms with E-state index >= 15 is 0 Å². The van der Waals surface area contributed by atoms with Gasteiger partial charge in [0.25, 0.3) is 0 Å². The fraction of sp³-hybridized carbons (Fsp3) is 0.333. The smallest absolute Gasteiger partial charge is 0.0254 e. The van der Waals surface area contributed by atoms with Gasteiger partial charge in [0.05, 0.1) is 0 Å². The van der Waals surface area contributed by atoms with E-state index in [1.165, 1.54) is 54.4 Å². The molecule has 0 aromatic heterocycles. The van der Waals surface area contributed by atoms with Crippen LogP contribution >= 0.6 is 0 Å². The SMILES string of the molecule is Cc1cc(C#Cc2ccc(C#Cc3ccc(CC4CCC(C)CC4)cc3)cc2)cc(C)c1C. The third-order valence-electron chi connectivity index (χ3n) is 7.13. The van der Waals surface area contributed by atoms with Crippen LogP contribution < -0.4 is 0 Å². The van der Waals surface area contributed by atoms with Crippen LogP contribution in [0.2, 0.25) is 0 Å². The third-order valence-corrected chi connectivity index (χ3v) is 7.13. The molecule has 1 fully saturated rings. The van der Waals surface area contributed by atoms with Crippen LogP contribution in [0, 0.1) is 56.3 Å². The molecule has 1 aliphatic rings. The standard InChI is InChI=1S/C33H34/c1-24-5-7-31(8-6-24)23-32-18-15-30(16-19-32)14-11-28-9-12-29(13-10-28)17-20-33-21-25(2)27(4)26(3)22-33/h9-10,12-13,15-16,18-19,21-22,24,31H,5-8,23H2,1-4H3. The molecule has 33 heavy (non-hydrogen) atoms. The van der Waals surface area contributed by atoms with Crippen LogP contribution in [0.25, 0.3) is 0 Å². The molecule has 0 aliphatic heterocycles. The molecule has 4 rings (SSSR count). The van der Waals surface area contributed by atoms with Crippen LogP contribution in [-0.4, -0.2) is 0 Å². The normalized spacial score (nSPS) is 17.5. The molecule has 1 aliphatic carbocycles. The predicted octanol–water partition coefficient (Wildman–Crippen LogP) is 7.78. The van der Waals surface area contributed by atoms with Crippen molar-refractivity contribution in [3.63, 3.8) is 0 Å². The molecular weight excluding hydrogens is 396 g/mol. The number of rotatable bonds is 2. The summed E-state index contributed by atoms with van der Waals surface area (Å²) in [5.74, 6) is 15.0. The molecule has 0 heterocycles. The topological polar surface area (TPSA) is 0 Å². The Labute approximate surface area is 200 Å². The number of aryl methyl sites for hydroxylation is 2. The number of hydrogen-bond donors (Lipinski definition) is 0. The maximum Gasteiger partial charge on any atom is 0.0254 e. The zero-order valence-electron chi connectivity index (χ0n) is 20.5. The minimum Gasteiger partial charge on any atom is -0.0625 e. The Bertz CT molecular complexity index is 1190. The van der Waals surface area contributed by atoms with Crippen LogP contribution in [0.3, 0.4) is 0 Å². The van der Waals surface area contributed by atoms with Gasteiger partial charge in [-0.3, -0.25) is 0 Å². The first-order valence-corrected chi connectivity index (χ1v) is 12.3. The van der Waals surface area contributed by atoms with E-state index in [2.05, 4.69) is 112 Å². The average molecular weight is 431 g/mol. The van der Waals surface area contributed by atoms with Crippen molar-refractivity contribution in [1.29, 1.82) is 0 Å². The maximum absolute atomic E-state index is 3.31. The van der Waals surface area contributed by atoms with Crippen molar-refractivity contribution in [3.8, 4) is 23.7 Å². The van der Waals surface area contributed by atoms with Gasteiger partial charge in [-0.15, -0.1) is 0 Å². The van der Waals surface area contributed by atoms with E-state index < -0.39 is 0 Å². The minimum absolute atomic E-state index is 0.860. The lowest BCUT2D eigenvalue weighted by molar-refractivity contribution is 0.289. The third kappa shape index (κ3) is 6.40. The van der Waals surface area contributed by atoms with Crippen molar-refractivity contribution in [3.05, 3.63) is 105 Å². The molecule has 0 atom stereocenters. The summed E-state index contributed by atoms with van der Waals surface area (Å²) in [6.07, 6.45) is 6.76. The van der Waals surface area contributed by atoms with E-state index in [-0.39, 0.29) is 0 Å². The maximum atomic E-state index is 3.31. The van der Waals surface area contributed by atoms with Crippen LogP contribution in [0.5, 0.6) is 0 Å². The zero-order chi connectivity index (χ0) is 23.2. The molecule has 166 valence electrons. The Balaban J connectivity index is 1.37. The van der Waals surface area contributed by atoms with Gasteiger partial charge in [0.15, 0.2) is 0 Å². The first kappa shape index (κ1) is 23.0. The summed E-state index contributed by atoms with van der Waals surface area (Å²) in [5.41, 5.74) is 9.55. The van der Waals surface area contributed by atoms with Crippen LogP contribution in [0.4, 0.5) is 0 Å². The van der Waals surface area contributed by atoms with Crippen LogP contribution in [-0.2, 0) is 6.42 Å². The highest BCUT2D eigenvalue weighted by Crippen LogP contribution is 2.30. The van der Waals surface area contributed by atoms with Crippen molar-refractivity contribution < 1.29 is 0 Å². The molecule has 3 aromatic rings. The average Bonchev–Trinajstić information content (AvgIpc) is 2.83. The monoisotopic (exact) mass is 430 g/mol. The van der Waals surface area contributed by atoms with E-state index in [1.54, 1.807) is 0 Å². The molecule has 0 saturated heterocycles. The van der Waals surface area contributed by atoms with E-state index in [0.717, 1.165) is 34.1 Å². The molecule has 0 spiro atoms. The summed E-state index contributed by atoms with van der Waals surface area (Å²) in [6.45, 7) is 8.84. The first-order chi connectivity index (χ1) is 16.0. The second-order valence-electron chi connectivity index (χ2n) is 9.84. The lowest BCUT2D eigenvalue weighted by atomic mass is 9.80. The lowest BCUT2D eigenvalue weighted by Gasteiger charge is -2.26. The fourth-order valence-corrected chi connectivity index (χ4v) is 4.62. The molecule has 0 heteroatoms. The fourth-order valence-electron chi connectivity index (χ4n) is 4.62. The van der Waals surface area contributed by atoms with Gasteiger partial charge in [-0.1, -0.05) is 55.6 Å². The van der Waals surface area contributed by atoms with Crippen molar-refractivity contribution >= 4 is 0 Å². The molecule has 0 bridgehead atoms. The summed E-state index contributed by atoms with van der Waals surface area (Å²) < 4.78 is 0. The molecule has 3 aromatic carbocycles. The van der Waals surface area contributed by atoms with Gasteiger partial charge in [-0.25, -0.2) is 0 Å². The summed E-state index contributed by atoms with van der Waals surface area (Å²) >= 11 is 0. The number of hydrogen-bond acceptors (Lipinski definition) is 0. The zero-order valence-corrected chi connectivity index (χ0v) is 20.5.